The molecule has 4 aromatic rings. The lowest BCUT2D eigenvalue weighted by atomic mass is 9.90. The van der Waals surface area contributed by atoms with Crippen molar-refractivity contribution in [1.29, 1.82) is 0 Å². The summed E-state index contributed by atoms with van der Waals surface area (Å²) in [7, 11) is 2.39. The van der Waals surface area contributed by atoms with Gasteiger partial charge in [-0.3, -0.25) is 47.9 Å². The van der Waals surface area contributed by atoms with Crippen LogP contribution in [0.2, 0.25) is 5.02 Å². The number of aromatic hydroxyl groups is 3. The van der Waals surface area contributed by atoms with E-state index in [2.05, 4.69) is 26.6 Å². The third kappa shape index (κ3) is 22.6. The average molecular weight is 1460 g/mol. The molecule has 28 heteroatoms. The Bertz CT molecular complexity index is 4100. The van der Waals surface area contributed by atoms with Gasteiger partial charge in [0.25, 0.3) is 0 Å². The summed E-state index contributed by atoms with van der Waals surface area (Å²) in [6.45, 7) is 4.75. The molecule has 2 saturated heterocycles. The molecule has 5 amide bonds. The molecule has 1 aliphatic carbocycles. The smallest absolute Gasteiger partial charge is 0.336 e. The van der Waals surface area contributed by atoms with E-state index in [0.29, 0.717) is 82.4 Å². The number of Topliss-reactive ketones (excluding diaryl/α,β-unsaturated/α-hetero) is 3. The van der Waals surface area contributed by atoms with Gasteiger partial charge in [-0.15, -0.1) is 0 Å². The van der Waals surface area contributed by atoms with E-state index in [0.717, 1.165) is 15.7 Å². The van der Waals surface area contributed by atoms with Crippen LogP contribution in [-0.2, 0) is 56.0 Å². The first-order chi connectivity index (χ1) is 48.1. The van der Waals surface area contributed by atoms with Gasteiger partial charge in [-0.05, 0) is 135 Å². The van der Waals surface area contributed by atoms with Crippen LogP contribution in [0.15, 0.2) is 106 Å². The third-order valence-electron chi connectivity index (χ3n) is 17.6. The van der Waals surface area contributed by atoms with Crippen molar-refractivity contribution in [3.63, 3.8) is 0 Å². The minimum absolute atomic E-state index is 0.0174. The van der Waals surface area contributed by atoms with Gasteiger partial charge in [0.1, 0.15) is 34.6 Å². The van der Waals surface area contributed by atoms with Crippen LogP contribution >= 0.6 is 45.4 Å². The summed E-state index contributed by atoms with van der Waals surface area (Å²) in [6, 6.07) is 19.1. The number of halogens is 1. The fourth-order valence-corrected chi connectivity index (χ4v) is 15.4. The number of nitrogens with zero attached hydrogens (tertiary/aromatic N) is 1. The lowest BCUT2D eigenvalue weighted by Gasteiger charge is -2.30. The number of nitrogens with one attached hydrogen (secondary N) is 5. The van der Waals surface area contributed by atoms with Crippen LogP contribution in [0.1, 0.15) is 126 Å². The van der Waals surface area contributed by atoms with Gasteiger partial charge in [0.2, 0.25) is 29.5 Å². The molecule has 24 nitrogen and oxygen atoms in total. The minimum Gasteiger partial charge on any atom is -0.508 e. The molecule has 0 spiro atoms. The SMILES string of the molecule is CC(C)C[C@@H]1CC(=O)CNC(=O)[C@H](Cc2ccc(O)c(Cl)c2)CC(=O)[C@@H]2C[C@@H](O)CN2C(=O)[C@@H](NC(=O)[C@@H](CCC(=O)O)CC(=O)[C@H](Cc2ccc(O)cc2)NC(=O)CCCCCCC(=S)Nc2ccc(-c3c4ccc(=O)cc-4oc4cc(O)ccc34)c(C(=O)O)c2)CSSC[C@@H](C)NC1=O. The van der Waals surface area contributed by atoms with Crippen LogP contribution in [0.25, 0.3) is 33.4 Å². The van der Waals surface area contributed by atoms with E-state index in [1.54, 1.807) is 43.3 Å². The Morgan fingerprint density at radius 1 is 0.772 bits per heavy atom. The van der Waals surface area contributed by atoms with Gasteiger partial charge in [0.15, 0.2) is 22.8 Å². The van der Waals surface area contributed by atoms with Crippen LogP contribution in [0.4, 0.5) is 5.69 Å². The minimum atomic E-state index is -1.46. The van der Waals surface area contributed by atoms with Gasteiger partial charge in [0, 0.05) is 115 Å². The zero-order chi connectivity index (χ0) is 73.2. The number of thiocarbonyl (C=S) groups is 1. The number of phenolic OH excluding ortho intramolecular Hbond substituents is 3. The number of hydrogen-bond donors (Lipinski definition) is 11. The maximum absolute atomic E-state index is 15.0. The van der Waals surface area contributed by atoms with Gasteiger partial charge in [-0.25, -0.2) is 4.79 Å². The molecule has 538 valence electrons. The molecule has 0 aromatic heterocycles. The van der Waals surface area contributed by atoms with Crippen molar-refractivity contribution < 1.29 is 83.0 Å². The molecule has 4 aliphatic rings. The molecule has 0 unspecified atom stereocenters. The number of unbranched alkanes of at least 4 members (excludes halogenated alkanes) is 3. The highest BCUT2D eigenvalue weighted by Gasteiger charge is 2.43. The number of hydrogen-bond acceptors (Lipinski definition) is 19. The van der Waals surface area contributed by atoms with Crippen LogP contribution in [0, 0.1) is 23.7 Å². The quantitative estimate of drug-likeness (QED) is 0.0110. The first-order valence-corrected chi connectivity index (χ1v) is 36.7. The molecule has 3 aliphatic heterocycles. The van der Waals surface area contributed by atoms with Crippen molar-refractivity contribution in [2.75, 3.05) is 29.9 Å². The van der Waals surface area contributed by atoms with Crippen molar-refractivity contribution in [1.82, 2.24) is 26.2 Å². The van der Waals surface area contributed by atoms with Crippen LogP contribution in [0.5, 0.6) is 17.2 Å². The second kappa shape index (κ2) is 36.6. The van der Waals surface area contributed by atoms with E-state index >= 15 is 4.79 Å². The predicted molar refractivity (Wildman–Crippen MR) is 387 cm³/mol. The zero-order valence-electron chi connectivity index (χ0n) is 56.0. The predicted octanol–water partition coefficient (Wildman–Crippen LogP) is 9.18. The maximum atomic E-state index is 15.0. The number of fused-ring (bicyclic) bond motifs is 3. The van der Waals surface area contributed by atoms with Gasteiger partial charge >= 0.3 is 11.9 Å². The Balaban J connectivity index is 0.935. The Labute approximate surface area is 601 Å². The van der Waals surface area contributed by atoms with Gasteiger partial charge in [-0.1, -0.05) is 96.4 Å². The summed E-state index contributed by atoms with van der Waals surface area (Å²) in [5, 5.41) is 76.7. The maximum Gasteiger partial charge on any atom is 0.336 e. The fraction of sp³-hybridized carbons (Fsp3) is 0.425. The van der Waals surface area contributed by atoms with Crippen molar-refractivity contribution in [3.05, 3.63) is 129 Å². The van der Waals surface area contributed by atoms with Crippen molar-refractivity contribution in [3.8, 4) is 39.7 Å². The molecule has 101 heavy (non-hydrogen) atoms. The van der Waals surface area contributed by atoms with Crippen LogP contribution in [0.3, 0.4) is 0 Å². The molecular weight excluding hydrogens is 1380 g/mol. The Kier molecular flexibility index (Phi) is 28.2. The molecule has 3 heterocycles. The molecule has 2 fully saturated rings. The van der Waals surface area contributed by atoms with E-state index in [1.165, 1.54) is 71.5 Å². The molecule has 8 rings (SSSR count). The van der Waals surface area contributed by atoms with E-state index in [-0.39, 0.29) is 113 Å². The Hall–Kier alpha value is -8.89. The normalized spacial score (nSPS) is 19.6. The molecule has 0 bridgehead atoms. The number of amides is 5. The lowest BCUT2D eigenvalue weighted by Crippen LogP contribution is -2.54. The Morgan fingerprint density at radius 2 is 1.48 bits per heavy atom. The topological polar surface area (TPSA) is 386 Å². The standard InChI is InChI=1S/C73H83ClN6O18S3/c1-39(2)24-44-28-50(84)35-75-69(92)45(25-42-12-22-60(86)56(74)26-42)30-62(88)59-32-51(85)36-80(59)72(95)58(38-101-100-37-40(3)76-71(44)94)79-70(93)43(13-23-67(90)91)29-61(87)57(27-41-10-15-47(81)16-11-41)78-65(89)8-6-4-5-7-9-66(99)77-46-14-19-52(55(31-46)73(96)97)68-53-20-17-48(82)33-63(53)98-64-34-49(83)18-21-54(64)68/h10-12,14-22,26,31,33-34,39-40,43-45,51,57-59,81-82,85-86H,4-9,13,23-25,27-30,32,35-38H2,1-3H3,(H,75,92)(H,76,94)(H,77,99)(H,78,89)(H,79,93)(H,90,91)(H,96,97)/t40-,43+,44-,45-,51-,57+,58+,59+/m1/s1. The van der Waals surface area contributed by atoms with Crippen molar-refractivity contribution in [2.45, 2.75) is 147 Å². The number of rotatable bonds is 25. The molecule has 8 atom stereocenters. The number of carbonyl (C=O) groups is 10. The highest BCUT2D eigenvalue weighted by atomic mass is 35.5. The number of carbonyl (C=O) groups excluding carboxylic acids is 8. The summed E-state index contributed by atoms with van der Waals surface area (Å²) in [5.41, 5.74) is 2.56. The first kappa shape index (κ1) is 77.8. The van der Waals surface area contributed by atoms with Crippen molar-refractivity contribution >= 4 is 126 Å². The monoisotopic (exact) mass is 1460 g/mol. The van der Waals surface area contributed by atoms with Crippen LogP contribution < -0.4 is 32.0 Å². The van der Waals surface area contributed by atoms with Crippen LogP contribution in [-0.4, -0.2) is 154 Å². The molecule has 11 N–H and O–H groups in total. The van der Waals surface area contributed by atoms with Crippen molar-refractivity contribution in [2.24, 2.45) is 23.7 Å². The van der Waals surface area contributed by atoms with E-state index in [4.69, 9.17) is 28.2 Å². The number of aliphatic carboxylic acids is 1. The molecule has 0 radical (unpaired) electrons. The number of aliphatic hydroxyl groups excluding tert-OH is 1. The number of aromatic carboxylic acids is 1. The Morgan fingerprint density at radius 3 is 2.19 bits per heavy atom. The van der Waals surface area contributed by atoms with Gasteiger partial charge in [-0.2, -0.15) is 0 Å². The summed E-state index contributed by atoms with van der Waals surface area (Å²) >= 11 is 11.9. The fourth-order valence-electron chi connectivity index (χ4n) is 12.5. The largest absolute Gasteiger partial charge is 0.508 e. The average Bonchev–Trinajstić information content (AvgIpc) is 1.07. The summed E-state index contributed by atoms with van der Waals surface area (Å²) in [4.78, 5) is 153. The van der Waals surface area contributed by atoms with E-state index in [9.17, 15) is 78.6 Å². The highest BCUT2D eigenvalue weighted by molar-refractivity contribution is 8.76. The number of anilines is 1. The number of aliphatic hydroxyl groups is 1. The third-order valence-corrected chi connectivity index (χ3v) is 20.8. The number of benzene rings is 5. The lowest BCUT2D eigenvalue weighted by molar-refractivity contribution is -0.142. The highest BCUT2D eigenvalue weighted by Crippen LogP contribution is 2.43. The number of carboxylic acids is 2. The summed E-state index contributed by atoms with van der Waals surface area (Å²) in [6.07, 6.45) is -1.01. The second-order valence-corrected chi connectivity index (χ2v) is 29.7. The summed E-state index contributed by atoms with van der Waals surface area (Å²) in [5.74, 6) is -10.9. The molecular formula is C73H83ClN6O18S3. The van der Waals surface area contributed by atoms with Gasteiger partial charge < -0.3 is 66.5 Å². The summed E-state index contributed by atoms with van der Waals surface area (Å²) < 4.78 is 5.94. The zero-order valence-corrected chi connectivity index (χ0v) is 59.2. The number of phenols is 3. The van der Waals surface area contributed by atoms with E-state index in [1.807, 2.05) is 13.8 Å². The molecule has 0 saturated carbocycles. The molecule has 4 aromatic carbocycles. The first-order valence-electron chi connectivity index (χ1n) is 33.4. The number of ketones is 3. The second-order valence-electron chi connectivity index (χ2n) is 26.2. The number of carboxylic acid groups (broad SMARTS) is 2. The van der Waals surface area contributed by atoms with E-state index < -0.39 is 127 Å². The van der Waals surface area contributed by atoms with Gasteiger partial charge in [0.05, 0.1) is 40.3 Å².